The molecule has 0 bridgehead atoms. The third kappa shape index (κ3) is 4.99. The number of hydrogen-bond donors (Lipinski definition) is 1. The maximum Gasteiger partial charge on any atom is 0.215 e. The van der Waals surface area contributed by atoms with Gasteiger partial charge in [-0.1, -0.05) is 54.1 Å². The minimum atomic E-state index is -3.28. The number of hydrogen-bond acceptors (Lipinski definition) is 2. The van der Waals surface area contributed by atoms with Crippen molar-refractivity contribution < 1.29 is 8.42 Å². The van der Waals surface area contributed by atoms with Crippen LogP contribution in [0.3, 0.4) is 0 Å². The largest absolute Gasteiger partial charge is 0.215 e. The van der Waals surface area contributed by atoms with E-state index in [1.807, 2.05) is 30.3 Å². The highest BCUT2D eigenvalue weighted by Gasteiger charge is 2.10. The van der Waals surface area contributed by atoms with Crippen molar-refractivity contribution in [2.45, 2.75) is 26.0 Å². The Bertz CT molecular complexity index is 694. The predicted octanol–water partition coefficient (Wildman–Crippen LogP) is 2.97. The first-order valence-corrected chi connectivity index (χ1v) is 8.69. The molecule has 1 N–H and O–H groups in total. The second kappa shape index (κ2) is 6.87. The van der Waals surface area contributed by atoms with Crippen molar-refractivity contribution in [3.05, 3.63) is 70.8 Å². The molecular weight excluding hydrogens is 282 g/mol. The Hall–Kier alpha value is -1.65. The molecule has 0 unspecified atom stereocenters. The summed E-state index contributed by atoms with van der Waals surface area (Å²) in [6.45, 7) is 4.54. The van der Waals surface area contributed by atoms with Crippen molar-refractivity contribution >= 4 is 10.0 Å². The molecular formula is C17H21NO2S. The Morgan fingerprint density at radius 2 is 1.71 bits per heavy atom. The van der Waals surface area contributed by atoms with Gasteiger partial charge in [-0.3, -0.25) is 0 Å². The maximum absolute atomic E-state index is 12.0. The SMILES string of the molecule is Cc1ccc(CCNS(=O)(=O)Cc2ccccc2)c(C)c1. The van der Waals surface area contributed by atoms with Gasteiger partial charge in [0.15, 0.2) is 0 Å². The smallest absolute Gasteiger partial charge is 0.215 e. The molecule has 2 aromatic carbocycles. The lowest BCUT2D eigenvalue weighted by Crippen LogP contribution is -2.27. The molecule has 21 heavy (non-hydrogen) atoms. The Morgan fingerprint density at radius 3 is 2.38 bits per heavy atom. The van der Waals surface area contributed by atoms with Gasteiger partial charge in [0.2, 0.25) is 10.0 Å². The van der Waals surface area contributed by atoms with Crippen molar-refractivity contribution in [1.82, 2.24) is 4.72 Å². The van der Waals surface area contributed by atoms with E-state index in [1.54, 1.807) is 0 Å². The fraction of sp³-hybridized carbons (Fsp3) is 0.294. The molecule has 0 aliphatic heterocycles. The van der Waals surface area contributed by atoms with Gasteiger partial charge in [-0.15, -0.1) is 0 Å². The molecule has 0 aliphatic rings. The van der Waals surface area contributed by atoms with E-state index >= 15 is 0 Å². The van der Waals surface area contributed by atoms with E-state index in [0.717, 1.165) is 5.56 Å². The summed E-state index contributed by atoms with van der Waals surface area (Å²) in [4.78, 5) is 0. The number of sulfonamides is 1. The van der Waals surface area contributed by atoms with Crippen LogP contribution in [0.5, 0.6) is 0 Å². The fourth-order valence-corrected chi connectivity index (χ4v) is 3.46. The lowest BCUT2D eigenvalue weighted by Gasteiger charge is -2.09. The van der Waals surface area contributed by atoms with Crippen LogP contribution in [0.1, 0.15) is 22.3 Å². The Kier molecular flexibility index (Phi) is 5.15. The minimum absolute atomic E-state index is 0.0285. The molecule has 112 valence electrons. The zero-order chi connectivity index (χ0) is 15.3. The quantitative estimate of drug-likeness (QED) is 0.892. The van der Waals surface area contributed by atoms with Gasteiger partial charge in [-0.05, 0) is 37.0 Å². The van der Waals surface area contributed by atoms with Crippen LogP contribution in [0.15, 0.2) is 48.5 Å². The van der Waals surface area contributed by atoms with Gasteiger partial charge >= 0.3 is 0 Å². The maximum atomic E-state index is 12.0. The molecule has 2 aromatic rings. The predicted molar refractivity (Wildman–Crippen MR) is 86.7 cm³/mol. The van der Waals surface area contributed by atoms with E-state index in [0.29, 0.717) is 13.0 Å². The van der Waals surface area contributed by atoms with Crippen LogP contribution in [-0.4, -0.2) is 15.0 Å². The molecule has 2 rings (SSSR count). The fourth-order valence-electron chi connectivity index (χ4n) is 2.31. The van der Waals surface area contributed by atoms with E-state index in [2.05, 4.69) is 36.8 Å². The van der Waals surface area contributed by atoms with E-state index < -0.39 is 10.0 Å². The molecule has 0 amide bonds. The van der Waals surface area contributed by atoms with Crippen LogP contribution in [0.25, 0.3) is 0 Å². The van der Waals surface area contributed by atoms with E-state index in [-0.39, 0.29) is 5.75 Å². The van der Waals surface area contributed by atoms with Crippen LogP contribution < -0.4 is 4.72 Å². The molecule has 0 saturated carbocycles. The summed E-state index contributed by atoms with van der Waals surface area (Å²) >= 11 is 0. The minimum Gasteiger partial charge on any atom is -0.215 e. The van der Waals surface area contributed by atoms with Crippen LogP contribution >= 0.6 is 0 Å². The van der Waals surface area contributed by atoms with Crippen molar-refractivity contribution in [2.24, 2.45) is 0 Å². The third-order valence-electron chi connectivity index (χ3n) is 3.41. The zero-order valence-electron chi connectivity index (χ0n) is 12.5. The summed E-state index contributed by atoms with van der Waals surface area (Å²) < 4.78 is 26.7. The zero-order valence-corrected chi connectivity index (χ0v) is 13.3. The summed E-state index contributed by atoms with van der Waals surface area (Å²) in [7, 11) is -3.28. The van der Waals surface area contributed by atoms with Crippen LogP contribution in [0.4, 0.5) is 0 Å². The number of nitrogens with one attached hydrogen (secondary N) is 1. The van der Waals surface area contributed by atoms with Gasteiger partial charge in [0.25, 0.3) is 0 Å². The van der Waals surface area contributed by atoms with Crippen molar-refractivity contribution in [3.8, 4) is 0 Å². The molecule has 0 atom stereocenters. The number of aryl methyl sites for hydroxylation is 2. The molecule has 0 spiro atoms. The number of benzene rings is 2. The van der Waals surface area contributed by atoms with Crippen molar-refractivity contribution in [3.63, 3.8) is 0 Å². The summed E-state index contributed by atoms with van der Waals surface area (Å²) in [6.07, 6.45) is 0.708. The monoisotopic (exact) mass is 303 g/mol. The van der Waals surface area contributed by atoms with Gasteiger partial charge in [0.05, 0.1) is 5.75 Å². The molecule has 3 nitrogen and oxygen atoms in total. The average Bonchev–Trinajstić information content (AvgIpc) is 2.42. The molecule has 0 fully saturated rings. The first kappa shape index (κ1) is 15.7. The summed E-state index contributed by atoms with van der Waals surface area (Å²) in [5.74, 6) is 0.0285. The normalized spacial score (nSPS) is 11.5. The average molecular weight is 303 g/mol. The topological polar surface area (TPSA) is 46.2 Å². The Morgan fingerprint density at radius 1 is 1.00 bits per heavy atom. The van der Waals surface area contributed by atoms with E-state index in [9.17, 15) is 8.42 Å². The molecule has 0 aromatic heterocycles. The third-order valence-corrected chi connectivity index (χ3v) is 4.77. The van der Waals surface area contributed by atoms with Crippen LogP contribution in [0.2, 0.25) is 0 Å². The van der Waals surface area contributed by atoms with Crippen LogP contribution in [-0.2, 0) is 22.2 Å². The molecule has 0 aliphatic carbocycles. The van der Waals surface area contributed by atoms with Gasteiger partial charge in [-0.2, -0.15) is 0 Å². The first-order valence-electron chi connectivity index (χ1n) is 7.04. The lowest BCUT2D eigenvalue weighted by atomic mass is 10.0. The second-order valence-corrected chi connectivity index (χ2v) is 7.13. The van der Waals surface area contributed by atoms with Crippen molar-refractivity contribution in [1.29, 1.82) is 0 Å². The highest BCUT2D eigenvalue weighted by Crippen LogP contribution is 2.11. The molecule has 0 radical (unpaired) electrons. The first-order chi connectivity index (χ1) is 9.96. The number of rotatable bonds is 6. The highest BCUT2D eigenvalue weighted by molar-refractivity contribution is 7.88. The second-order valence-electron chi connectivity index (χ2n) is 5.32. The molecule has 0 heterocycles. The van der Waals surface area contributed by atoms with E-state index in [1.165, 1.54) is 16.7 Å². The lowest BCUT2D eigenvalue weighted by molar-refractivity contribution is 0.580. The van der Waals surface area contributed by atoms with Gasteiger partial charge in [-0.25, -0.2) is 13.1 Å². The molecule has 4 heteroatoms. The van der Waals surface area contributed by atoms with Gasteiger partial charge < -0.3 is 0 Å². The highest BCUT2D eigenvalue weighted by atomic mass is 32.2. The van der Waals surface area contributed by atoms with Crippen LogP contribution in [0, 0.1) is 13.8 Å². The molecule has 0 saturated heterocycles. The summed E-state index contributed by atoms with van der Waals surface area (Å²) in [5.41, 5.74) is 4.41. The Labute approximate surface area is 127 Å². The summed E-state index contributed by atoms with van der Waals surface area (Å²) in [6, 6.07) is 15.5. The van der Waals surface area contributed by atoms with Gasteiger partial charge in [0, 0.05) is 6.54 Å². The summed E-state index contributed by atoms with van der Waals surface area (Å²) in [5, 5.41) is 0. The Balaban J connectivity index is 1.90. The van der Waals surface area contributed by atoms with E-state index in [4.69, 9.17) is 0 Å². The standard InChI is InChI=1S/C17H21NO2S/c1-14-8-9-17(15(2)12-14)10-11-18-21(19,20)13-16-6-4-3-5-7-16/h3-9,12,18H,10-11,13H2,1-2H3. The van der Waals surface area contributed by atoms with Gasteiger partial charge in [0.1, 0.15) is 0 Å². The van der Waals surface area contributed by atoms with Crippen molar-refractivity contribution in [2.75, 3.05) is 6.54 Å².